The molecule has 1 atom stereocenters. The minimum Gasteiger partial charge on any atom is -0.351 e. The molecular weight excluding hydrogens is 322 g/mol. The average Bonchev–Trinajstić information content (AvgIpc) is 2.38. The van der Waals surface area contributed by atoms with Crippen LogP contribution in [-0.2, 0) is 19.6 Å². The van der Waals surface area contributed by atoms with Gasteiger partial charge in [-0.15, -0.1) is 0 Å². The molecule has 1 saturated heterocycles. The van der Waals surface area contributed by atoms with Gasteiger partial charge in [0.05, 0.1) is 4.90 Å². The Hall–Kier alpha value is -0.470. The lowest BCUT2D eigenvalue weighted by atomic mass is 10.2. The van der Waals surface area contributed by atoms with Crippen LogP contribution < -0.4 is 4.89 Å². The number of nitrogens with one attached hydrogen (secondary N) is 1. The number of rotatable bonds is 4. The van der Waals surface area contributed by atoms with Crippen LogP contribution in [0, 0.1) is 0 Å². The molecule has 0 saturated carbocycles. The fraction of sp³-hybridized carbons (Fsp3) is 0.455. The summed E-state index contributed by atoms with van der Waals surface area (Å²) in [7, 11) is -3.65. The highest BCUT2D eigenvalue weighted by atomic mass is 79.9. The van der Waals surface area contributed by atoms with Crippen molar-refractivity contribution < 1.29 is 18.0 Å². The molecule has 1 unspecified atom stereocenters. The summed E-state index contributed by atoms with van der Waals surface area (Å²) in [5, 5.41) is 0. The van der Waals surface area contributed by atoms with Crippen LogP contribution >= 0.6 is 15.9 Å². The highest BCUT2D eigenvalue weighted by Crippen LogP contribution is 2.16. The number of benzene rings is 1. The van der Waals surface area contributed by atoms with Gasteiger partial charge in [-0.1, -0.05) is 20.8 Å². The molecular formula is C11H14BrNO4S. The first-order valence-corrected chi connectivity index (χ1v) is 7.90. The van der Waals surface area contributed by atoms with E-state index in [9.17, 15) is 8.42 Å². The molecule has 7 heteroatoms. The van der Waals surface area contributed by atoms with E-state index in [0.717, 1.165) is 17.3 Å². The second-order valence-electron chi connectivity index (χ2n) is 3.95. The fourth-order valence-electron chi connectivity index (χ4n) is 1.58. The SMILES string of the molecule is O=S(=O)(NOC1CCCCO1)c1ccc(Br)cc1. The summed E-state index contributed by atoms with van der Waals surface area (Å²) in [5.41, 5.74) is 0. The fourth-order valence-corrected chi connectivity index (χ4v) is 2.67. The minimum atomic E-state index is -3.65. The largest absolute Gasteiger partial charge is 0.351 e. The Morgan fingerprint density at radius 3 is 2.61 bits per heavy atom. The maximum atomic E-state index is 11.9. The average molecular weight is 336 g/mol. The van der Waals surface area contributed by atoms with Crippen molar-refractivity contribution in [1.29, 1.82) is 0 Å². The molecule has 0 aromatic heterocycles. The molecule has 1 fully saturated rings. The van der Waals surface area contributed by atoms with Gasteiger partial charge in [0.25, 0.3) is 10.0 Å². The summed E-state index contributed by atoms with van der Waals surface area (Å²) in [4.78, 5) is 7.31. The lowest BCUT2D eigenvalue weighted by Crippen LogP contribution is -2.33. The molecule has 1 heterocycles. The Labute approximate surface area is 115 Å². The van der Waals surface area contributed by atoms with E-state index in [-0.39, 0.29) is 4.90 Å². The monoisotopic (exact) mass is 335 g/mol. The van der Waals surface area contributed by atoms with Crippen LogP contribution in [0.1, 0.15) is 19.3 Å². The summed E-state index contributed by atoms with van der Waals surface area (Å²) < 4.78 is 29.8. The number of halogens is 1. The molecule has 0 amide bonds. The number of hydrogen-bond donors (Lipinski definition) is 1. The van der Waals surface area contributed by atoms with Crippen molar-refractivity contribution in [1.82, 2.24) is 4.89 Å². The van der Waals surface area contributed by atoms with Gasteiger partial charge in [-0.2, -0.15) is 0 Å². The van der Waals surface area contributed by atoms with Crippen molar-refractivity contribution in [3.63, 3.8) is 0 Å². The molecule has 0 spiro atoms. The molecule has 1 aliphatic rings. The third-order valence-electron chi connectivity index (χ3n) is 2.55. The molecule has 1 N–H and O–H groups in total. The van der Waals surface area contributed by atoms with E-state index in [1.54, 1.807) is 12.1 Å². The zero-order valence-electron chi connectivity index (χ0n) is 9.63. The summed E-state index contributed by atoms with van der Waals surface area (Å²) in [6.45, 7) is 0.602. The Bertz CT molecular complexity index is 482. The Kier molecular flexibility index (Phi) is 4.74. The molecule has 1 aromatic rings. The van der Waals surface area contributed by atoms with Gasteiger partial charge >= 0.3 is 0 Å². The van der Waals surface area contributed by atoms with Crippen LogP contribution in [0.15, 0.2) is 33.6 Å². The second-order valence-corrected chi connectivity index (χ2v) is 6.52. The summed E-state index contributed by atoms with van der Waals surface area (Å²) in [6.07, 6.45) is 2.16. The molecule has 0 radical (unpaired) electrons. The van der Waals surface area contributed by atoms with Crippen molar-refractivity contribution in [3.05, 3.63) is 28.7 Å². The number of sulfonamides is 1. The number of ether oxygens (including phenoxy) is 1. The van der Waals surface area contributed by atoms with Crippen molar-refractivity contribution in [2.75, 3.05) is 6.61 Å². The lowest BCUT2D eigenvalue weighted by Gasteiger charge is -2.22. The third kappa shape index (κ3) is 3.76. The van der Waals surface area contributed by atoms with Gasteiger partial charge in [0, 0.05) is 17.5 Å². The summed E-state index contributed by atoms with van der Waals surface area (Å²) in [5.74, 6) is 0. The quantitative estimate of drug-likeness (QED) is 0.856. The summed E-state index contributed by atoms with van der Waals surface area (Å²) >= 11 is 3.25. The highest BCUT2D eigenvalue weighted by molar-refractivity contribution is 9.10. The zero-order chi connectivity index (χ0) is 13.0. The van der Waals surface area contributed by atoms with Gasteiger partial charge in [-0.3, -0.25) is 4.84 Å². The van der Waals surface area contributed by atoms with E-state index in [0.29, 0.717) is 13.0 Å². The Morgan fingerprint density at radius 1 is 1.28 bits per heavy atom. The maximum Gasteiger partial charge on any atom is 0.262 e. The highest BCUT2D eigenvalue weighted by Gasteiger charge is 2.19. The van der Waals surface area contributed by atoms with Crippen molar-refractivity contribution in [3.8, 4) is 0 Å². The third-order valence-corrected chi connectivity index (χ3v) is 4.29. The molecule has 100 valence electrons. The van der Waals surface area contributed by atoms with E-state index in [2.05, 4.69) is 20.8 Å². The first kappa shape index (κ1) is 14.0. The standard InChI is InChI=1S/C11H14BrNO4S/c12-9-4-6-10(7-5-9)18(14,15)13-17-11-3-1-2-8-16-11/h4-7,11,13H,1-3,8H2. The zero-order valence-corrected chi connectivity index (χ0v) is 12.0. The van der Waals surface area contributed by atoms with Crippen LogP contribution in [-0.4, -0.2) is 21.3 Å². The van der Waals surface area contributed by atoms with E-state index < -0.39 is 16.3 Å². The maximum absolute atomic E-state index is 11.9. The summed E-state index contributed by atoms with van der Waals surface area (Å²) in [6, 6.07) is 6.31. The van der Waals surface area contributed by atoms with Crippen molar-refractivity contribution >= 4 is 26.0 Å². The van der Waals surface area contributed by atoms with Gasteiger partial charge in [0.2, 0.25) is 0 Å². The lowest BCUT2D eigenvalue weighted by molar-refractivity contribution is -0.179. The normalized spacial score (nSPS) is 20.8. The smallest absolute Gasteiger partial charge is 0.262 e. The van der Waals surface area contributed by atoms with Crippen LogP contribution in [0.25, 0.3) is 0 Å². The molecule has 5 nitrogen and oxygen atoms in total. The predicted molar refractivity (Wildman–Crippen MR) is 69.1 cm³/mol. The molecule has 1 aromatic carbocycles. The Morgan fingerprint density at radius 2 is 2.00 bits per heavy atom. The van der Waals surface area contributed by atoms with Crippen molar-refractivity contribution in [2.45, 2.75) is 30.4 Å². The van der Waals surface area contributed by atoms with E-state index in [1.807, 2.05) is 0 Å². The van der Waals surface area contributed by atoms with Gasteiger partial charge in [-0.05, 0) is 37.1 Å². The number of hydrogen-bond acceptors (Lipinski definition) is 4. The molecule has 1 aliphatic heterocycles. The first-order chi connectivity index (χ1) is 8.58. The van der Waals surface area contributed by atoms with E-state index in [4.69, 9.17) is 9.57 Å². The van der Waals surface area contributed by atoms with Crippen LogP contribution in [0.3, 0.4) is 0 Å². The van der Waals surface area contributed by atoms with Crippen LogP contribution in [0.2, 0.25) is 0 Å². The van der Waals surface area contributed by atoms with Gasteiger partial charge in [0.15, 0.2) is 6.29 Å². The van der Waals surface area contributed by atoms with Gasteiger partial charge in [0.1, 0.15) is 0 Å². The Balaban J connectivity index is 1.96. The molecule has 18 heavy (non-hydrogen) atoms. The van der Waals surface area contributed by atoms with Gasteiger partial charge in [-0.25, -0.2) is 8.42 Å². The van der Waals surface area contributed by atoms with Crippen molar-refractivity contribution in [2.24, 2.45) is 0 Å². The van der Waals surface area contributed by atoms with E-state index >= 15 is 0 Å². The van der Waals surface area contributed by atoms with Crippen LogP contribution in [0.4, 0.5) is 0 Å². The molecule has 0 aliphatic carbocycles. The molecule has 0 bridgehead atoms. The predicted octanol–water partition coefficient (Wildman–Crippen LogP) is 2.19. The van der Waals surface area contributed by atoms with E-state index in [1.165, 1.54) is 12.1 Å². The second kappa shape index (κ2) is 6.12. The van der Waals surface area contributed by atoms with Crippen LogP contribution in [0.5, 0.6) is 0 Å². The minimum absolute atomic E-state index is 0.154. The van der Waals surface area contributed by atoms with Gasteiger partial charge < -0.3 is 4.74 Å². The molecule has 2 rings (SSSR count). The first-order valence-electron chi connectivity index (χ1n) is 5.62. The topological polar surface area (TPSA) is 64.6 Å².